The lowest BCUT2D eigenvalue weighted by atomic mass is 10.0. The van der Waals surface area contributed by atoms with E-state index in [0.29, 0.717) is 0 Å². The Morgan fingerprint density at radius 1 is 1.12 bits per heavy atom. The van der Waals surface area contributed by atoms with Gasteiger partial charge in [-0.05, 0) is 12.1 Å². The minimum Gasteiger partial charge on any atom is -0.475 e. The molecule has 4 nitrogen and oxygen atoms in total. The standard InChI is InChI=1S/C10H6F2O4/c11-5-2-1-3-6(12)9(5)7(13)4-8(14)10(15)16/h1-3H,4H2,(H,15,16). The summed E-state index contributed by atoms with van der Waals surface area (Å²) in [6.45, 7) is 0. The highest BCUT2D eigenvalue weighted by atomic mass is 19.1. The minimum atomic E-state index is -1.81. The third kappa shape index (κ3) is 2.47. The first kappa shape index (κ1) is 12.0. The van der Waals surface area contributed by atoms with Gasteiger partial charge in [0.15, 0.2) is 5.78 Å². The molecular formula is C10H6F2O4. The zero-order valence-electron chi connectivity index (χ0n) is 7.87. The van der Waals surface area contributed by atoms with Crippen LogP contribution in [-0.2, 0) is 9.59 Å². The van der Waals surface area contributed by atoms with Gasteiger partial charge in [0.05, 0.1) is 12.0 Å². The van der Waals surface area contributed by atoms with Crippen LogP contribution >= 0.6 is 0 Å². The molecule has 1 N–H and O–H groups in total. The molecule has 0 aromatic heterocycles. The Kier molecular flexibility index (Phi) is 3.44. The van der Waals surface area contributed by atoms with Crippen molar-refractivity contribution in [3.05, 3.63) is 35.4 Å². The van der Waals surface area contributed by atoms with E-state index < -0.39 is 41.2 Å². The Morgan fingerprint density at radius 3 is 2.06 bits per heavy atom. The second-order valence-corrected chi connectivity index (χ2v) is 2.92. The fraction of sp³-hybridized carbons (Fsp3) is 0.100. The van der Waals surface area contributed by atoms with Gasteiger partial charge in [0.2, 0.25) is 5.78 Å². The molecule has 0 heterocycles. The van der Waals surface area contributed by atoms with Crippen molar-refractivity contribution >= 4 is 17.5 Å². The van der Waals surface area contributed by atoms with E-state index in [2.05, 4.69) is 0 Å². The molecule has 0 aliphatic carbocycles. The molecule has 16 heavy (non-hydrogen) atoms. The maximum atomic E-state index is 13.0. The van der Waals surface area contributed by atoms with Gasteiger partial charge < -0.3 is 5.11 Å². The highest BCUT2D eigenvalue weighted by Crippen LogP contribution is 2.14. The number of halogens is 2. The molecule has 0 atom stereocenters. The first-order valence-corrected chi connectivity index (χ1v) is 4.17. The number of ketones is 2. The van der Waals surface area contributed by atoms with Gasteiger partial charge in [-0.15, -0.1) is 0 Å². The molecule has 6 heteroatoms. The fourth-order valence-corrected chi connectivity index (χ4v) is 1.07. The Labute approximate surface area is 88.5 Å². The highest BCUT2D eigenvalue weighted by Gasteiger charge is 2.22. The third-order valence-electron chi connectivity index (χ3n) is 1.80. The molecule has 0 spiro atoms. The maximum absolute atomic E-state index is 13.0. The van der Waals surface area contributed by atoms with Gasteiger partial charge in [-0.2, -0.15) is 0 Å². The van der Waals surface area contributed by atoms with E-state index in [1.54, 1.807) is 0 Å². The summed E-state index contributed by atoms with van der Waals surface area (Å²) in [6.07, 6.45) is -1.06. The summed E-state index contributed by atoms with van der Waals surface area (Å²) in [6, 6.07) is 2.75. The Hall–Kier alpha value is -2.11. The van der Waals surface area contributed by atoms with E-state index in [-0.39, 0.29) is 0 Å². The maximum Gasteiger partial charge on any atom is 0.372 e. The number of carbonyl (C=O) groups is 3. The minimum absolute atomic E-state index is 0.849. The highest BCUT2D eigenvalue weighted by molar-refractivity contribution is 6.37. The van der Waals surface area contributed by atoms with Gasteiger partial charge in [-0.3, -0.25) is 9.59 Å². The van der Waals surface area contributed by atoms with Crippen LogP contribution in [-0.4, -0.2) is 22.6 Å². The van der Waals surface area contributed by atoms with Crippen molar-refractivity contribution < 1.29 is 28.3 Å². The van der Waals surface area contributed by atoms with Crippen molar-refractivity contribution in [2.75, 3.05) is 0 Å². The number of hydrogen-bond donors (Lipinski definition) is 1. The van der Waals surface area contributed by atoms with Crippen LogP contribution in [0.5, 0.6) is 0 Å². The zero-order chi connectivity index (χ0) is 12.3. The van der Waals surface area contributed by atoms with Gasteiger partial charge in [0.25, 0.3) is 0 Å². The van der Waals surface area contributed by atoms with E-state index in [9.17, 15) is 23.2 Å². The molecule has 0 saturated heterocycles. The SMILES string of the molecule is O=C(O)C(=O)CC(=O)c1c(F)cccc1F. The summed E-state index contributed by atoms with van der Waals surface area (Å²) in [5.74, 6) is -6.66. The number of aliphatic carboxylic acids is 1. The first-order chi connectivity index (χ1) is 7.43. The lowest BCUT2D eigenvalue weighted by Gasteiger charge is -2.01. The normalized spacial score (nSPS) is 9.88. The summed E-state index contributed by atoms with van der Waals surface area (Å²) < 4.78 is 26.1. The molecule has 1 aromatic rings. The van der Waals surface area contributed by atoms with Crippen LogP contribution in [0.1, 0.15) is 16.8 Å². The number of Topliss-reactive ketones (excluding diaryl/α,β-unsaturated/α-hetero) is 2. The lowest BCUT2D eigenvalue weighted by Crippen LogP contribution is -2.18. The van der Waals surface area contributed by atoms with Crippen molar-refractivity contribution in [2.24, 2.45) is 0 Å². The second kappa shape index (κ2) is 4.61. The molecule has 0 radical (unpaired) electrons. The smallest absolute Gasteiger partial charge is 0.372 e. The van der Waals surface area contributed by atoms with Crippen molar-refractivity contribution in [3.8, 4) is 0 Å². The average Bonchev–Trinajstić information content (AvgIpc) is 2.16. The summed E-state index contributed by atoms with van der Waals surface area (Å²) in [7, 11) is 0. The van der Waals surface area contributed by atoms with Crippen LogP contribution in [0.3, 0.4) is 0 Å². The Balaban J connectivity index is 2.98. The molecule has 0 unspecified atom stereocenters. The lowest BCUT2D eigenvalue weighted by molar-refractivity contribution is -0.148. The predicted octanol–water partition coefficient (Wildman–Crippen LogP) is 1.19. The summed E-state index contributed by atoms with van der Waals surface area (Å²) in [5.41, 5.74) is -0.892. The molecule has 0 bridgehead atoms. The van der Waals surface area contributed by atoms with Crippen molar-refractivity contribution in [2.45, 2.75) is 6.42 Å². The molecule has 0 aliphatic heterocycles. The molecule has 1 rings (SSSR count). The third-order valence-corrected chi connectivity index (χ3v) is 1.80. The van der Waals surface area contributed by atoms with Crippen LogP contribution in [0, 0.1) is 11.6 Å². The van der Waals surface area contributed by atoms with Crippen LogP contribution in [0.15, 0.2) is 18.2 Å². The number of hydrogen-bond acceptors (Lipinski definition) is 3. The van der Waals surface area contributed by atoms with Gasteiger partial charge in [-0.25, -0.2) is 13.6 Å². The van der Waals surface area contributed by atoms with Crippen LogP contribution in [0.2, 0.25) is 0 Å². The topological polar surface area (TPSA) is 71.4 Å². The van der Waals surface area contributed by atoms with Gasteiger partial charge in [-0.1, -0.05) is 6.07 Å². The predicted molar refractivity (Wildman–Crippen MR) is 47.9 cm³/mol. The second-order valence-electron chi connectivity index (χ2n) is 2.92. The van der Waals surface area contributed by atoms with Gasteiger partial charge >= 0.3 is 5.97 Å². The molecule has 0 fully saturated rings. The Bertz CT molecular complexity index is 448. The number of carboxylic acids is 1. The summed E-state index contributed by atoms with van der Waals surface area (Å²) in [4.78, 5) is 32.1. The Morgan fingerprint density at radius 2 is 1.62 bits per heavy atom. The summed E-state index contributed by atoms with van der Waals surface area (Å²) >= 11 is 0. The molecule has 0 amide bonds. The van der Waals surface area contributed by atoms with E-state index in [0.717, 1.165) is 18.2 Å². The van der Waals surface area contributed by atoms with Crippen molar-refractivity contribution in [1.82, 2.24) is 0 Å². The van der Waals surface area contributed by atoms with Gasteiger partial charge in [0, 0.05) is 0 Å². The van der Waals surface area contributed by atoms with Crippen molar-refractivity contribution in [1.29, 1.82) is 0 Å². The van der Waals surface area contributed by atoms with E-state index in [1.165, 1.54) is 0 Å². The zero-order valence-corrected chi connectivity index (χ0v) is 7.87. The van der Waals surface area contributed by atoms with E-state index in [4.69, 9.17) is 5.11 Å². The van der Waals surface area contributed by atoms with Crippen LogP contribution < -0.4 is 0 Å². The number of carbonyl (C=O) groups excluding carboxylic acids is 2. The fourth-order valence-electron chi connectivity index (χ4n) is 1.07. The number of carboxylic acid groups (broad SMARTS) is 1. The quantitative estimate of drug-likeness (QED) is 0.477. The molecule has 0 aliphatic rings. The number of rotatable bonds is 4. The van der Waals surface area contributed by atoms with Crippen molar-refractivity contribution in [3.63, 3.8) is 0 Å². The largest absolute Gasteiger partial charge is 0.475 e. The molecule has 1 aromatic carbocycles. The van der Waals surface area contributed by atoms with Crippen LogP contribution in [0.4, 0.5) is 8.78 Å². The first-order valence-electron chi connectivity index (χ1n) is 4.17. The molecular weight excluding hydrogens is 222 g/mol. The van der Waals surface area contributed by atoms with E-state index in [1.807, 2.05) is 0 Å². The van der Waals surface area contributed by atoms with Gasteiger partial charge in [0.1, 0.15) is 11.6 Å². The molecule has 84 valence electrons. The average molecular weight is 228 g/mol. The number of benzene rings is 1. The van der Waals surface area contributed by atoms with Crippen LogP contribution in [0.25, 0.3) is 0 Å². The molecule has 0 saturated carbocycles. The monoisotopic (exact) mass is 228 g/mol. The summed E-state index contributed by atoms with van der Waals surface area (Å²) in [5, 5.41) is 8.23. The van der Waals surface area contributed by atoms with E-state index >= 15 is 0 Å².